The van der Waals surface area contributed by atoms with Crippen LogP contribution in [0.5, 0.6) is 5.75 Å². The van der Waals surface area contributed by atoms with Crippen LogP contribution in [0.15, 0.2) is 29.3 Å². The quantitative estimate of drug-likeness (QED) is 0.525. The molecule has 0 spiro atoms. The maximum atomic E-state index is 11.6. The molecule has 156 valence electrons. The fourth-order valence-electron chi connectivity index (χ4n) is 4.05. The van der Waals surface area contributed by atoms with Gasteiger partial charge in [0.1, 0.15) is 5.75 Å². The number of methoxy groups -OCH3 is 1. The molecule has 2 aliphatic heterocycles. The van der Waals surface area contributed by atoms with Crippen molar-refractivity contribution in [2.45, 2.75) is 25.3 Å². The molecule has 2 fully saturated rings. The zero-order valence-electron chi connectivity index (χ0n) is 16.9. The van der Waals surface area contributed by atoms with Crippen molar-refractivity contribution < 1.29 is 13.2 Å². The average molecular weight is 409 g/mol. The predicted molar refractivity (Wildman–Crippen MR) is 113 cm³/mol. The maximum Gasteiger partial charge on any atom is 0.191 e. The Morgan fingerprint density at radius 3 is 2.75 bits per heavy atom. The summed E-state index contributed by atoms with van der Waals surface area (Å²) in [6.07, 6.45) is 3.18. The van der Waals surface area contributed by atoms with E-state index in [2.05, 4.69) is 32.7 Å². The summed E-state index contributed by atoms with van der Waals surface area (Å²) >= 11 is 0. The van der Waals surface area contributed by atoms with Crippen LogP contribution in [-0.2, 0) is 9.84 Å². The van der Waals surface area contributed by atoms with E-state index in [9.17, 15) is 8.42 Å². The molecule has 0 aromatic heterocycles. The first-order chi connectivity index (χ1) is 13.5. The van der Waals surface area contributed by atoms with Crippen LogP contribution in [0.2, 0.25) is 0 Å². The first-order valence-corrected chi connectivity index (χ1v) is 11.9. The van der Waals surface area contributed by atoms with Crippen LogP contribution in [0.4, 0.5) is 0 Å². The van der Waals surface area contributed by atoms with Crippen LogP contribution in [0.25, 0.3) is 0 Å². The van der Waals surface area contributed by atoms with E-state index in [4.69, 9.17) is 4.74 Å². The minimum absolute atomic E-state index is 0.163. The topological polar surface area (TPSA) is 83.0 Å². The SMILES string of the molecule is CN=C(NCC1CCS(=O)(=O)C1)NCC(c1cccc(OC)c1)N1CCCC1. The summed E-state index contributed by atoms with van der Waals surface area (Å²) in [5, 5.41) is 6.73. The monoisotopic (exact) mass is 408 g/mol. The molecule has 0 saturated carbocycles. The van der Waals surface area contributed by atoms with Gasteiger partial charge in [-0.05, 0) is 56.0 Å². The van der Waals surface area contributed by atoms with Crippen LogP contribution in [-0.4, -0.2) is 71.1 Å². The van der Waals surface area contributed by atoms with E-state index >= 15 is 0 Å². The lowest BCUT2D eigenvalue weighted by Crippen LogP contribution is -2.44. The first-order valence-electron chi connectivity index (χ1n) is 10.0. The van der Waals surface area contributed by atoms with Gasteiger partial charge < -0.3 is 15.4 Å². The molecule has 7 nitrogen and oxygen atoms in total. The standard InChI is InChI=1S/C20H32N4O3S/c1-21-20(22-13-16-8-11-28(25,26)15-16)23-14-19(24-9-3-4-10-24)17-6-5-7-18(12-17)27-2/h5-7,12,16,19H,3-4,8-11,13-15H2,1-2H3,(H2,21,22,23). The molecule has 2 unspecified atom stereocenters. The van der Waals surface area contributed by atoms with E-state index in [0.29, 0.717) is 12.3 Å². The number of guanidine groups is 1. The Morgan fingerprint density at radius 2 is 2.11 bits per heavy atom. The normalized spacial score (nSPS) is 23.5. The molecule has 28 heavy (non-hydrogen) atoms. The summed E-state index contributed by atoms with van der Waals surface area (Å²) in [6, 6.07) is 8.48. The molecule has 3 rings (SSSR count). The van der Waals surface area contributed by atoms with E-state index in [0.717, 1.165) is 37.8 Å². The number of aliphatic imine (C=N–C) groups is 1. The number of hydrogen-bond acceptors (Lipinski definition) is 5. The minimum atomic E-state index is -2.85. The van der Waals surface area contributed by atoms with Crippen LogP contribution < -0.4 is 15.4 Å². The number of likely N-dealkylation sites (tertiary alicyclic amines) is 1. The van der Waals surface area contributed by atoms with Crippen LogP contribution in [0, 0.1) is 5.92 Å². The molecule has 2 atom stereocenters. The molecule has 1 aromatic carbocycles. The van der Waals surface area contributed by atoms with Gasteiger partial charge in [-0.2, -0.15) is 0 Å². The molecule has 0 amide bonds. The number of sulfone groups is 1. The molecular formula is C20H32N4O3S. The zero-order chi connectivity index (χ0) is 20.0. The number of ether oxygens (including phenoxy) is 1. The summed E-state index contributed by atoms with van der Waals surface area (Å²) in [6.45, 7) is 3.55. The van der Waals surface area contributed by atoms with E-state index in [1.807, 2.05) is 12.1 Å². The highest BCUT2D eigenvalue weighted by Gasteiger charge is 2.28. The Labute approximate surface area is 168 Å². The molecule has 0 aliphatic carbocycles. The molecular weight excluding hydrogens is 376 g/mol. The Hall–Kier alpha value is -1.80. The number of nitrogens with one attached hydrogen (secondary N) is 2. The third-order valence-electron chi connectivity index (χ3n) is 5.63. The molecule has 0 radical (unpaired) electrons. The highest BCUT2D eigenvalue weighted by Crippen LogP contribution is 2.27. The van der Waals surface area contributed by atoms with Crippen LogP contribution in [0.1, 0.15) is 30.9 Å². The molecule has 8 heteroatoms. The lowest BCUT2D eigenvalue weighted by molar-refractivity contribution is 0.245. The van der Waals surface area contributed by atoms with E-state index < -0.39 is 9.84 Å². The molecule has 2 aliphatic rings. The van der Waals surface area contributed by atoms with Gasteiger partial charge in [-0.1, -0.05) is 12.1 Å². The van der Waals surface area contributed by atoms with Gasteiger partial charge in [-0.25, -0.2) is 8.42 Å². The number of hydrogen-bond donors (Lipinski definition) is 2. The number of nitrogens with zero attached hydrogens (tertiary/aromatic N) is 2. The predicted octanol–water partition coefficient (Wildman–Crippen LogP) is 1.43. The average Bonchev–Trinajstić information content (AvgIpc) is 3.34. The maximum absolute atomic E-state index is 11.6. The first kappa shape index (κ1) is 20.9. The third kappa shape index (κ3) is 5.61. The highest BCUT2D eigenvalue weighted by atomic mass is 32.2. The summed E-state index contributed by atoms with van der Waals surface area (Å²) in [5.41, 5.74) is 1.23. The summed E-state index contributed by atoms with van der Waals surface area (Å²) in [5.74, 6) is 2.33. The van der Waals surface area contributed by atoms with Gasteiger partial charge in [0, 0.05) is 20.1 Å². The van der Waals surface area contributed by atoms with Crippen molar-refractivity contribution in [2.75, 3.05) is 51.8 Å². The van der Waals surface area contributed by atoms with E-state index in [1.165, 1.54) is 18.4 Å². The van der Waals surface area contributed by atoms with Crippen LogP contribution >= 0.6 is 0 Å². The molecule has 2 N–H and O–H groups in total. The van der Waals surface area contributed by atoms with E-state index in [1.54, 1.807) is 14.2 Å². The minimum Gasteiger partial charge on any atom is -0.497 e. The Morgan fingerprint density at radius 1 is 1.32 bits per heavy atom. The second-order valence-corrected chi connectivity index (χ2v) is 9.87. The largest absolute Gasteiger partial charge is 0.497 e. The summed E-state index contributed by atoms with van der Waals surface area (Å²) in [4.78, 5) is 6.81. The number of benzene rings is 1. The second-order valence-electron chi connectivity index (χ2n) is 7.64. The van der Waals surface area contributed by atoms with Gasteiger partial charge in [0.15, 0.2) is 15.8 Å². The van der Waals surface area contributed by atoms with E-state index in [-0.39, 0.29) is 17.7 Å². The van der Waals surface area contributed by atoms with Crippen molar-refractivity contribution >= 4 is 15.8 Å². The van der Waals surface area contributed by atoms with Gasteiger partial charge in [0.2, 0.25) is 0 Å². The Balaban J connectivity index is 1.60. The molecule has 2 saturated heterocycles. The smallest absolute Gasteiger partial charge is 0.191 e. The van der Waals surface area contributed by atoms with Gasteiger partial charge >= 0.3 is 0 Å². The fourth-order valence-corrected chi connectivity index (χ4v) is 5.91. The Bertz CT molecular complexity index is 775. The molecule has 2 heterocycles. The summed E-state index contributed by atoms with van der Waals surface area (Å²) in [7, 11) is 0.590. The van der Waals surface area contributed by atoms with Gasteiger partial charge in [-0.3, -0.25) is 9.89 Å². The van der Waals surface area contributed by atoms with Gasteiger partial charge in [0.25, 0.3) is 0 Å². The van der Waals surface area contributed by atoms with Crippen LogP contribution in [0.3, 0.4) is 0 Å². The second kappa shape index (κ2) is 9.60. The van der Waals surface area contributed by atoms with Crippen molar-refractivity contribution in [3.05, 3.63) is 29.8 Å². The molecule has 0 bridgehead atoms. The molecule has 1 aromatic rings. The lowest BCUT2D eigenvalue weighted by Gasteiger charge is -2.29. The van der Waals surface area contributed by atoms with Gasteiger partial charge in [-0.15, -0.1) is 0 Å². The van der Waals surface area contributed by atoms with Crippen molar-refractivity contribution in [1.82, 2.24) is 15.5 Å². The zero-order valence-corrected chi connectivity index (χ0v) is 17.7. The fraction of sp³-hybridized carbons (Fsp3) is 0.650. The van der Waals surface area contributed by atoms with Gasteiger partial charge in [0.05, 0.1) is 24.7 Å². The Kier molecular flexibility index (Phi) is 7.18. The van der Waals surface area contributed by atoms with Crippen molar-refractivity contribution in [1.29, 1.82) is 0 Å². The van der Waals surface area contributed by atoms with Crippen molar-refractivity contribution in [2.24, 2.45) is 10.9 Å². The third-order valence-corrected chi connectivity index (χ3v) is 7.47. The lowest BCUT2D eigenvalue weighted by atomic mass is 10.1. The number of rotatable bonds is 7. The van der Waals surface area contributed by atoms with Crippen molar-refractivity contribution in [3.63, 3.8) is 0 Å². The van der Waals surface area contributed by atoms with Crippen molar-refractivity contribution in [3.8, 4) is 5.75 Å². The summed E-state index contributed by atoms with van der Waals surface area (Å²) < 4.78 is 28.7. The highest BCUT2D eigenvalue weighted by molar-refractivity contribution is 7.91.